The molecule has 1 aromatic rings. The molecule has 1 aromatic carbocycles. The lowest BCUT2D eigenvalue weighted by molar-refractivity contribution is 0.517. The number of benzene rings is 1. The van der Waals surface area contributed by atoms with Crippen molar-refractivity contribution in [2.75, 3.05) is 0 Å². The Morgan fingerprint density at radius 3 is 1.75 bits per heavy atom. The van der Waals surface area contributed by atoms with Crippen molar-refractivity contribution >= 4 is 0 Å². The van der Waals surface area contributed by atoms with Gasteiger partial charge in [0, 0.05) is 0 Å². The lowest BCUT2D eigenvalue weighted by Crippen LogP contribution is -2.23. The standard InChI is InChI=1S/C15H23F/c1-10-8-11(16)9-12(14(2,3)4)13(10)15(5,6)7/h8-9H,1-7H3. The second-order valence-electron chi connectivity index (χ2n) is 6.65. The third-order valence-corrected chi connectivity index (χ3v) is 2.86. The minimum atomic E-state index is -0.129. The highest BCUT2D eigenvalue weighted by atomic mass is 19.1. The SMILES string of the molecule is Cc1cc(F)cc(C(C)(C)C)c1C(C)(C)C. The molecule has 0 aliphatic carbocycles. The molecule has 0 fully saturated rings. The predicted octanol–water partition coefficient (Wildman–Crippen LogP) is 4.73. The van der Waals surface area contributed by atoms with Crippen molar-refractivity contribution in [1.29, 1.82) is 0 Å². The highest BCUT2D eigenvalue weighted by Gasteiger charge is 2.27. The van der Waals surface area contributed by atoms with Crippen LogP contribution < -0.4 is 0 Å². The van der Waals surface area contributed by atoms with Crippen LogP contribution in [0, 0.1) is 12.7 Å². The summed E-state index contributed by atoms with van der Waals surface area (Å²) in [5.74, 6) is -0.129. The fourth-order valence-electron chi connectivity index (χ4n) is 2.33. The van der Waals surface area contributed by atoms with Gasteiger partial charge in [-0.15, -0.1) is 0 Å². The van der Waals surface area contributed by atoms with E-state index in [2.05, 4.69) is 41.5 Å². The van der Waals surface area contributed by atoms with E-state index >= 15 is 0 Å². The molecule has 0 aromatic heterocycles. The molecule has 0 saturated heterocycles. The molecular weight excluding hydrogens is 199 g/mol. The molecule has 0 bridgehead atoms. The molecule has 0 N–H and O–H groups in total. The summed E-state index contributed by atoms with van der Waals surface area (Å²) in [4.78, 5) is 0. The van der Waals surface area contributed by atoms with Gasteiger partial charge >= 0.3 is 0 Å². The fraction of sp³-hybridized carbons (Fsp3) is 0.600. The Hall–Kier alpha value is -0.850. The summed E-state index contributed by atoms with van der Waals surface area (Å²) >= 11 is 0. The lowest BCUT2D eigenvalue weighted by Gasteiger charge is -2.31. The molecular formula is C15H23F. The van der Waals surface area contributed by atoms with Gasteiger partial charge in [-0.05, 0) is 46.6 Å². The number of halogens is 1. The van der Waals surface area contributed by atoms with Gasteiger partial charge in [-0.2, -0.15) is 0 Å². The van der Waals surface area contributed by atoms with Gasteiger partial charge in [0.2, 0.25) is 0 Å². The molecule has 90 valence electrons. The second-order valence-corrected chi connectivity index (χ2v) is 6.65. The van der Waals surface area contributed by atoms with Crippen molar-refractivity contribution in [2.45, 2.75) is 59.3 Å². The van der Waals surface area contributed by atoms with Crippen LogP contribution in [-0.2, 0) is 10.8 Å². The zero-order chi connectivity index (χ0) is 12.7. The predicted molar refractivity (Wildman–Crippen MR) is 68.5 cm³/mol. The first-order valence-corrected chi connectivity index (χ1v) is 5.84. The quantitative estimate of drug-likeness (QED) is 0.595. The molecule has 0 unspecified atom stereocenters. The smallest absolute Gasteiger partial charge is 0.123 e. The summed E-state index contributed by atoms with van der Waals surface area (Å²) < 4.78 is 13.5. The zero-order valence-corrected chi connectivity index (χ0v) is 11.5. The van der Waals surface area contributed by atoms with Gasteiger partial charge < -0.3 is 0 Å². The zero-order valence-electron chi connectivity index (χ0n) is 11.5. The normalized spacial score (nSPS) is 13.0. The maximum absolute atomic E-state index is 13.5. The molecule has 0 spiro atoms. The summed E-state index contributed by atoms with van der Waals surface area (Å²) in [6.45, 7) is 15.0. The monoisotopic (exact) mass is 222 g/mol. The lowest BCUT2D eigenvalue weighted by atomic mass is 9.73. The highest BCUT2D eigenvalue weighted by Crippen LogP contribution is 2.36. The van der Waals surface area contributed by atoms with E-state index in [0.717, 1.165) is 11.1 Å². The molecule has 0 aliphatic heterocycles. The third-order valence-electron chi connectivity index (χ3n) is 2.86. The van der Waals surface area contributed by atoms with Crippen LogP contribution in [0.2, 0.25) is 0 Å². The summed E-state index contributed by atoms with van der Waals surface area (Å²) in [6, 6.07) is 3.32. The third kappa shape index (κ3) is 2.63. The van der Waals surface area contributed by atoms with Crippen molar-refractivity contribution in [3.63, 3.8) is 0 Å². The molecule has 16 heavy (non-hydrogen) atoms. The first kappa shape index (κ1) is 13.2. The summed E-state index contributed by atoms with van der Waals surface area (Å²) in [6.07, 6.45) is 0. The first-order chi connectivity index (χ1) is 7.03. The summed E-state index contributed by atoms with van der Waals surface area (Å²) in [7, 11) is 0. The molecule has 0 radical (unpaired) electrons. The van der Waals surface area contributed by atoms with Crippen molar-refractivity contribution in [3.8, 4) is 0 Å². The Kier molecular flexibility index (Phi) is 3.20. The topological polar surface area (TPSA) is 0 Å². The summed E-state index contributed by atoms with van der Waals surface area (Å²) in [5.41, 5.74) is 3.49. The number of rotatable bonds is 0. The van der Waals surface area contributed by atoms with E-state index in [1.54, 1.807) is 12.1 Å². The van der Waals surface area contributed by atoms with Crippen molar-refractivity contribution in [1.82, 2.24) is 0 Å². The van der Waals surface area contributed by atoms with E-state index in [1.807, 2.05) is 6.92 Å². The fourth-order valence-corrected chi connectivity index (χ4v) is 2.33. The van der Waals surface area contributed by atoms with E-state index in [-0.39, 0.29) is 16.6 Å². The van der Waals surface area contributed by atoms with Crippen LogP contribution in [-0.4, -0.2) is 0 Å². The van der Waals surface area contributed by atoms with Crippen LogP contribution >= 0.6 is 0 Å². The van der Waals surface area contributed by atoms with Gasteiger partial charge in [0.1, 0.15) is 5.82 Å². The minimum absolute atomic E-state index is 0.0184. The Morgan fingerprint density at radius 1 is 0.875 bits per heavy atom. The van der Waals surface area contributed by atoms with Crippen LogP contribution in [0.1, 0.15) is 58.2 Å². The highest BCUT2D eigenvalue weighted by molar-refractivity contribution is 5.43. The van der Waals surface area contributed by atoms with E-state index in [4.69, 9.17) is 0 Å². The van der Waals surface area contributed by atoms with E-state index in [0.29, 0.717) is 0 Å². The Morgan fingerprint density at radius 2 is 1.38 bits per heavy atom. The number of hydrogen-bond donors (Lipinski definition) is 0. The number of aryl methyl sites for hydroxylation is 1. The largest absolute Gasteiger partial charge is 0.207 e. The average Bonchev–Trinajstić information content (AvgIpc) is 1.97. The van der Waals surface area contributed by atoms with Crippen molar-refractivity contribution < 1.29 is 4.39 Å². The van der Waals surface area contributed by atoms with Crippen LogP contribution in [0.3, 0.4) is 0 Å². The van der Waals surface area contributed by atoms with Gasteiger partial charge in [-0.1, -0.05) is 41.5 Å². The van der Waals surface area contributed by atoms with Gasteiger partial charge in [0.05, 0.1) is 0 Å². The van der Waals surface area contributed by atoms with Crippen LogP contribution in [0.15, 0.2) is 12.1 Å². The van der Waals surface area contributed by atoms with Crippen LogP contribution in [0.25, 0.3) is 0 Å². The molecule has 0 atom stereocenters. The molecule has 1 rings (SSSR count). The Balaban J connectivity index is 3.58. The summed E-state index contributed by atoms with van der Waals surface area (Å²) in [5, 5.41) is 0. The van der Waals surface area contributed by atoms with Crippen molar-refractivity contribution in [3.05, 3.63) is 34.6 Å². The molecule has 0 aliphatic rings. The molecule has 0 nitrogen and oxygen atoms in total. The molecule has 0 saturated carbocycles. The van der Waals surface area contributed by atoms with Gasteiger partial charge in [-0.3, -0.25) is 0 Å². The van der Waals surface area contributed by atoms with E-state index < -0.39 is 0 Å². The van der Waals surface area contributed by atoms with Crippen LogP contribution in [0.4, 0.5) is 4.39 Å². The Labute approximate surface area is 98.9 Å². The van der Waals surface area contributed by atoms with Crippen LogP contribution in [0.5, 0.6) is 0 Å². The molecule has 0 amide bonds. The van der Waals surface area contributed by atoms with Crippen molar-refractivity contribution in [2.24, 2.45) is 0 Å². The molecule has 0 heterocycles. The number of hydrogen-bond acceptors (Lipinski definition) is 0. The maximum Gasteiger partial charge on any atom is 0.123 e. The van der Waals surface area contributed by atoms with Gasteiger partial charge in [0.15, 0.2) is 0 Å². The Bertz CT molecular complexity index is 389. The maximum atomic E-state index is 13.5. The van der Waals surface area contributed by atoms with Gasteiger partial charge in [-0.25, -0.2) is 4.39 Å². The van der Waals surface area contributed by atoms with E-state index in [9.17, 15) is 4.39 Å². The molecule has 1 heteroatoms. The van der Waals surface area contributed by atoms with E-state index in [1.165, 1.54) is 5.56 Å². The first-order valence-electron chi connectivity index (χ1n) is 5.84. The second kappa shape index (κ2) is 3.87. The minimum Gasteiger partial charge on any atom is -0.207 e. The average molecular weight is 222 g/mol. The van der Waals surface area contributed by atoms with Gasteiger partial charge in [0.25, 0.3) is 0 Å².